The highest BCUT2D eigenvalue weighted by atomic mass is 19.4. The molecule has 176 valence electrons. The number of aromatic nitrogens is 2. The van der Waals surface area contributed by atoms with Crippen LogP contribution in [0.4, 0.5) is 19.0 Å². The van der Waals surface area contributed by atoms with Gasteiger partial charge < -0.3 is 15.4 Å². The Balaban J connectivity index is 1.97. The number of alkyl halides is 3. The minimum Gasteiger partial charge on any atom is -0.496 e. The molecular formula is C22H17F3N4O5. The van der Waals surface area contributed by atoms with Gasteiger partial charge in [0.1, 0.15) is 17.1 Å². The number of hydrogen-bond acceptors (Lipinski definition) is 5. The fourth-order valence-corrected chi connectivity index (χ4v) is 3.79. The number of para-hydroxylation sites is 1. The largest absolute Gasteiger partial charge is 0.496 e. The molecule has 9 nitrogen and oxygen atoms in total. The lowest BCUT2D eigenvalue weighted by molar-refractivity contribution is -0.196. The Bertz CT molecular complexity index is 1430. The fraction of sp³-hybridized carbons (Fsp3) is 0.182. The van der Waals surface area contributed by atoms with Crippen LogP contribution in [-0.4, -0.2) is 34.7 Å². The van der Waals surface area contributed by atoms with Crippen molar-refractivity contribution in [1.82, 2.24) is 14.9 Å². The van der Waals surface area contributed by atoms with Gasteiger partial charge in [-0.15, -0.1) is 0 Å². The van der Waals surface area contributed by atoms with Crippen molar-refractivity contribution in [3.8, 4) is 11.4 Å². The van der Waals surface area contributed by atoms with Crippen LogP contribution in [0.2, 0.25) is 0 Å². The summed E-state index contributed by atoms with van der Waals surface area (Å²) in [5, 5.41) is 3.67. The van der Waals surface area contributed by atoms with Crippen molar-refractivity contribution < 1.29 is 27.5 Å². The molecule has 0 radical (unpaired) electrons. The number of aromatic amines is 1. The molecule has 0 aliphatic carbocycles. The van der Waals surface area contributed by atoms with Gasteiger partial charge in [-0.3, -0.25) is 19.4 Å². The number of carbonyl (C=O) groups excluding carboxylic acids is 2. The number of nitrogens with one attached hydrogen (secondary N) is 3. The van der Waals surface area contributed by atoms with Gasteiger partial charge in [0, 0.05) is 0 Å². The summed E-state index contributed by atoms with van der Waals surface area (Å²) in [7, 11) is 1.22. The van der Waals surface area contributed by atoms with Gasteiger partial charge in [0.15, 0.2) is 0 Å². The SMILES string of the molecule is COc1ccccc1C(=O)N[C@@]1(C(F)(F)F)C(=O)Nc2c1c(=O)[nH]c(=O)n2-c1ccc(C)cc1. The van der Waals surface area contributed by atoms with Crippen LogP contribution in [0.1, 0.15) is 21.5 Å². The van der Waals surface area contributed by atoms with E-state index >= 15 is 0 Å². The lowest BCUT2D eigenvalue weighted by Crippen LogP contribution is -2.62. The molecule has 1 aromatic heterocycles. The van der Waals surface area contributed by atoms with E-state index in [9.17, 15) is 32.3 Å². The second kappa shape index (κ2) is 7.90. The number of H-pyrrole nitrogens is 1. The summed E-state index contributed by atoms with van der Waals surface area (Å²) < 4.78 is 49.3. The molecule has 2 amide bonds. The fourth-order valence-electron chi connectivity index (χ4n) is 3.79. The second-order valence-corrected chi connectivity index (χ2v) is 7.51. The number of halogens is 3. The maximum absolute atomic E-state index is 14.5. The van der Waals surface area contributed by atoms with Crippen LogP contribution in [0.25, 0.3) is 5.69 Å². The number of aryl methyl sites for hydroxylation is 1. The van der Waals surface area contributed by atoms with Crippen LogP contribution in [0.15, 0.2) is 58.1 Å². The van der Waals surface area contributed by atoms with Crippen LogP contribution in [-0.2, 0) is 10.3 Å². The summed E-state index contributed by atoms with van der Waals surface area (Å²) in [5.74, 6) is -3.80. The number of amides is 2. The standard InChI is InChI=1S/C22H17F3N4O5/c1-11-7-9-12(10-8-11)29-16-15(18(31)27-20(29)33)21(19(32)26-16,22(23,24)25)28-17(30)13-5-3-4-6-14(13)34-2/h3-10H,1-2H3,(H,26,32)(H,28,30)(H,27,31,33)/t21-/m1/s1. The van der Waals surface area contributed by atoms with E-state index in [1.54, 1.807) is 24.4 Å². The zero-order valence-corrected chi connectivity index (χ0v) is 17.7. The highest BCUT2D eigenvalue weighted by Crippen LogP contribution is 2.45. The molecule has 3 aromatic rings. The number of benzene rings is 2. The molecule has 12 heteroatoms. The zero-order chi connectivity index (χ0) is 24.8. The zero-order valence-electron chi connectivity index (χ0n) is 17.7. The average Bonchev–Trinajstić information content (AvgIpc) is 3.08. The smallest absolute Gasteiger partial charge is 0.425 e. The molecule has 0 fully saturated rings. The highest BCUT2D eigenvalue weighted by molar-refractivity contribution is 6.10. The topological polar surface area (TPSA) is 122 Å². The van der Waals surface area contributed by atoms with Crippen molar-refractivity contribution in [1.29, 1.82) is 0 Å². The molecule has 0 spiro atoms. The third-order valence-corrected chi connectivity index (χ3v) is 5.43. The van der Waals surface area contributed by atoms with E-state index < -0.39 is 46.2 Å². The van der Waals surface area contributed by atoms with Crippen molar-refractivity contribution in [2.75, 3.05) is 12.4 Å². The molecule has 1 atom stereocenters. The Kier molecular flexibility index (Phi) is 5.31. The number of hydrogen-bond donors (Lipinski definition) is 3. The molecule has 2 aromatic carbocycles. The Morgan fingerprint density at radius 3 is 2.32 bits per heavy atom. The lowest BCUT2D eigenvalue weighted by Gasteiger charge is -2.30. The molecule has 0 bridgehead atoms. The van der Waals surface area contributed by atoms with Gasteiger partial charge in [0.05, 0.1) is 18.4 Å². The van der Waals surface area contributed by atoms with Crippen LogP contribution in [0.3, 0.4) is 0 Å². The predicted octanol–water partition coefficient (Wildman–Crippen LogP) is 1.98. The summed E-state index contributed by atoms with van der Waals surface area (Å²) in [4.78, 5) is 52.8. The molecule has 34 heavy (non-hydrogen) atoms. The van der Waals surface area contributed by atoms with Gasteiger partial charge in [-0.1, -0.05) is 29.8 Å². The van der Waals surface area contributed by atoms with Gasteiger partial charge >= 0.3 is 11.9 Å². The number of anilines is 1. The summed E-state index contributed by atoms with van der Waals surface area (Å²) in [5.41, 5.74) is -6.87. The first-order valence-corrected chi connectivity index (χ1v) is 9.82. The first kappa shape index (κ1) is 22.8. The summed E-state index contributed by atoms with van der Waals surface area (Å²) >= 11 is 0. The first-order valence-electron chi connectivity index (χ1n) is 9.82. The van der Waals surface area contributed by atoms with Crippen molar-refractivity contribution in [3.05, 3.63) is 86.1 Å². The molecule has 0 saturated heterocycles. The Labute approximate surface area is 189 Å². The van der Waals surface area contributed by atoms with E-state index in [0.29, 0.717) is 0 Å². The predicted molar refractivity (Wildman–Crippen MR) is 114 cm³/mol. The molecule has 0 saturated carbocycles. The molecule has 3 N–H and O–H groups in total. The van der Waals surface area contributed by atoms with Gasteiger partial charge in [0.2, 0.25) is 0 Å². The normalized spacial score (nSPS) is 17.1. The van der Waals surface area contributed by atoms with E-state index in [1.165, 1.54) is 43.5 Å². The number of fused-ring (bicyclic) bond motifs is 1. The second-order valence-electron chi connectivity index (χ2n) is 7.51. The van der Waals surface area contributed by atoms with Gasteiger partial charge in [-0.2, -0.15) is 13.2 Å². The number of nitrogens with zero attached hydrogens (tertiary/aromatic N) is 1. The van der Waals surface area contributed by atoms with E-state index in [0.717, 1.165) is 10.1 Å². The molecule has 2 heterocycles. The third-order valence-electron chi connectivity index (χ3n) is 5.43. The molecular weight excluding hydrogens is 457 g/mol. The van der Waals surface area contributed by atoms with Crippen LogP contribution < -0.4 is 26.6 Å². The number of methoxy groups -OCH3 is 1. The highest BCUT2D eigenvalue weighted by Gasteiger charge is 2.68. The Hall–Kier alpha value is -4.35. The van der Waals surface area contributed by atoms with Gasteiger partial charge in [-0.25, -0.2) is 9.36 Å². The van der Waals surface area contributed by atoms with Gasteiger partial charge in [0.25, 0.3) is 22.9 Å². The monoisotopic (exact) mass is 474 g/mol. The van der Waals surface area contributed by atoms with Crippen LogP contribution in [0, 0.1) is 6.92 Å². The third kappa shape index (κ3) is 3.34. The number of rotatable bonds is 4. The lowest BCUT2D eigenvalue weighted by atomic mass is 9.91. The summed E-state index contributed by atoms with van der Waals surface area (Å²) in [6.07, 6.45) is -5.46. The molecule has 1 aliphatic heterocycles. The summed E-state index contributed by atoms with van der Waals surface area (Å²) in [6, 6.07) is 11.5. The van der Waals surface area contributed by atoms with E-state index in [4.69, 9.17) is 4.74 Å². The van der Waals surface area contributed by atoms with Crippen molar-refractivity contribution in [3.63, 3.8) is 0 Å². The maximum Gasteiger partial charge on any atom is 0.425 e. The van der Waals surface area contributed by atoms with Crippen LogP contribution in [0.5, 0.6) is 5.75 Å². The minimum atomic E-state index is -5.46. The molecule has 0 unspecified atom stereocenters. The number of carbonyl (C=O) groups is 2. The van der Waals surface area contributed by atoms with Crippen molar-refractivity contribution >= 4 is 17.6 Å². The average molecular weight is 474 g/mol. The van der Waals surface area contributed by atoms with Crippen molar-refractivity contribution in [2.45, 2.75) is 18.6 Å². The Morgan fingerprint density at radius 1 is 1.06 bits per heavy atom. The number of ether oxygens (including phenoxy) is 1. The molecule has 4 rings (SSSR count). The maximum atomic E-state index is 14.5. The van der Waals surface area contributed by atoms with E-state index in [1.807, 2.05) is 10.3 Å². The van der Waals surface area contributed by atoms with Gasteiger partial charge in [-0.05, 0) is 31.2 Å². The van der Waals surface area contributed by atoms with E-state index in [2.05, 4.69) is 0 Å². The van der Waals surface area contributed by atoms with Crippen LogP contribution >= 0.6 is 0 Å². The first-order chi connectivity index (χ1) is 16.0. The van der Waals surface area contributed by atoms with E-state index in [-0.39, 0.29) is 17.0 Å². The van der Waals surface area contributed by atoms with Crippen molar-refractivity contribution in [2.24, 2.45) is 0 Å². The molecule has 1 aliphatic rings. The Morgan fingerprint density at radius 2 is 1.71 bits per heavy atom. The quantitative estimate of drug-likeness (QED) is 0.534. The summed E-state index contributed by atoms with van der Waals surface area (Å²) in [6.45, 7) is 1.76. The minimum absolute atomic E-state index is 0.0468.